The fraction of sp³-hybridized carbons (Fsp3) is 0.222. The van der Waals surface area contributed by atoms with Gasteiger partial charge >= 0.3 is 0 Å². The van der Waals surface area contributed by atoms with Crippen molar-refractivity contribution >= 4 is 23.7 Å². The lowest BCUT2D eigenvalue weighted by Crippen LogP contribution is -2.37. The van der Waals surface area contributed by atoms with Crippen LogP contribution in [0.5, 0.6) is 5.75 Å². The Labute approximate surface area is 219 Å². The van der Waals surface area contributed by atoms with Crippen molar-refractivity contribution in [1.82, 2.24) is 15.0 Å². The molecule has 2 aromatic heterocycles. The maximum Gasteiger partial charge on any atom is 0.257 e. The molecule has 0 spiro atoms. The average Bonchev–Trinajstić information content (AvgIpc) is 2.96. The maximum atomic E-state index is 10.2. The lowest BCUT2D eigenvalue weighted by atomic mass is 9.99. The molecule has 0 atom stereocenters. The highest BCUT2D eigenvalue weighted by Gasteiger charge is 2.23. The molecule has 1 aliphatic rings. The van der Waals surface area contributed by atoms with Gasteiger partial charge in [0.2, 0.25) is 17.6 Å². The number of H-pyrrole nitrogens is 1. The monoisotopic (exact) mass is 512 g/mol. The van der Waals surface area contributed by atoms with Crippen LogP contribution >= 0.6 is 11.8 Å². The lowest BCUT2D eigenvalue weighted by Gasteiger charge is -2.26. The van der Waals surface area contributed by atoms with Crippen molar-refractivity contribution in [3.05, 3.63) is 72.1 Å². The summed E-state index contributed by atoms with van der Waals surface area (Å²) < 4.78 is 10.7. The zero-order valence-corrected chi connectivity index (χ0v) is 21.2. The van der Waals surface area contributed by atoms with E-state index in [9.17, 15) is 5.26 Å². The molecular formula is C27H26N7O2S+. The first-order valence-electron chi connectivity index (χ1n) is 11.8. The molecule has 0 saturated carbocycles. The topological polar surface area (TPSA) is 124 Å². The van der Waals surface area contributed by atoms with Gasteiger partial charge in [-0.3, -0.25) is 0 Å². The molecular weight excluding hydrogens is 486 g/mol. The van der Waals surface area contributed by atoms with Crippen LogP contribution in [0, 0.1) is 11.3 Å². The molecule has 1 saturated heterocycles. The summed E-state index contributed by atoms with van der Waals surface area (Å²) in [5.74, 6) is 2.44. The highest BCUT2D eigenvalue weighted by molar-refractivity contribution is 7.98. The van der Waals surface area contributed by atoms with Crippen LogP contribution in [-0.4, -0.2) is 48.4 Å². The molecule has 10 heteroatoms. The van der Waals surface area contributed by atoms with E-state index in [1.807, 2.05) is 65.6 Å². The van der Waals surface area contributed by atoms with Crippen molar-refractivity contribution in [2.45, 2.75) is 10.8 Å². The minimum Gasteiger partial charge on any atom is -0.497 e. The standard InChI is InChI=1S/C27H25N7O2S/c1-35-20-9-7-18(8-10-20)21-15-23(19-5-3-2-4-6-19)30-25(22(21)16-28)37-17-24-31-26(29)33-27(32-24)34-11-13-36-14-12-34/h2-10,15H,11-14,17H2,1H3,(H2,29,31,32,33)/p+1. The summed E-state index contributed by atoms with van der Waals surface area (Å²) in [6.07, 6.45) is 0. The van der Waals surface area contributed by atoms with E-state index >= 15 is 0 Å². The number of nitrogens with one attached hydrogen (secondary N) is 1. The zero-order valence-electron chi connectivity index (χ0n) is 20.3. The van der Waals surface area contributed by atoms with Crippen LogP contribution in [0.1, 0.15) is 11.4 Å². The van der Waals surface area contributed by atoms with Gasteiger partial charge in [0.25, 0.3) is 5.03 Å². The van der Waals surface area contributed by atoms with E-state index in [0.717, 1.165) is 33.2 Å². The normalized spacial score (nSPS) is 13.2. The molecule has 1 aliphatic heterocycles. The van der Waals surface area contributed by atoms with Gasteiger partial charge in [0.05, 0.1) is 26.1 Å². The number of nitrogens with two attached hydrogens (primary N) is 1. The molecule has 37 heavy (non-hydrogen) atoms. The SMILES string of the molecule is COc1ccc(-c2cc(-c3ccccc3)[nH+]c(SCc3nc(N)nc(N4CCOCC4)n3)c2C#N)cc1. The fourth-order valence-electron chi connectivity index (χ4n) is 4.08. The third kappa shape index (κ3) is 5.63. The van der Waals surface area contributed by atoms with Crippen molar-refractivity contribution in [1.29, 1.82) is 5.26 Å². The number of anilines is 2. The molecule has 186 valence electrons. The van der Waals surface area contributed by atoms with Gasteiger partial charge in [-0.1, -0.05) is 30.3 Å². The number of methoxy groups -OCH3 is 1. The van der Waals surface area contributed by atoms with E-state index in [4.69, 9.17) is 15.2 Å². The number of nitriles is 1. The predicted molar refractivity (Wildman–Crippen MR) is 142 cm³/mol. The Hall–Kier alpha value is -4.20. The second kappa shape index (κ2) is 11.2. The Kier molecular flexibility index (Phi) is 7.44. The van der Waals surface area contributed by atoms with E-state index in [2.05, 4.69) is 26.0 Å². The van der Waals surface area contributed by atoms with Crippen molar-refractivity contribution in [2.75, 3.05) is 44.0 Å². The number of aromatic nitrogens is 4. The largest absolute Gasteiger partial charge is 0.497 e. The van der Waals surface area contributed by atoms with Gasteiger partial charge in [-0.2, -0.15) is 25.2 Å². The van der Waals surface area contributed by atoms with Crippen LogP contribution in [0.2, 0.25) is 0 Å². The third-order valence-electron chi connectivity index (χ3n) is 5.96. The number of benzene rings is 2. The number of aromatic amines is 1. The van der Waals surface area contributed by atoms with Gasteiger partial charge in [-0.05, 0) is 41.6 Å². The molecule has 3 N–H and O–H groups in total. The maximum absolute atomic E-state index is 10.2. The van der Waals surface area contributed by atoms with Gasteiger partial charge in [0.1, 0.15) is 23.2 Å². The number of rotatable bonds is 7. The average molecular weight is 513 g/mol. The number of morpholine rings is 1. The Balaban J connectivity index is 1.51. The van der Waals surface area contributed by atoms with E-state index in [1.165, 1.54) is 11.8 Å². The molecule has 0 amide bonds. The molecule has 0 radical (unpaired) electrons. The highest BCUT2D eigenvalue weighted by atomic mass is 32.2. The first-order valence-corrected chi connectivity index (χ1v) is 12.8. The summed E-state index contributed by atoms with van der Waals surface area (Å²) in [5.41, 5.74) is 10.2. The number of nitrogen functional groups attached to an aromatic ring is 1. The molecule has 5 rings (SSSR count). The number of thioether (sulfide) groups is 1. The number of pyridine rings is 1. The fourth-order valence-corrected chi connectivity index (χ4v) is 4.97. The Morgan fingerprint density at radius 1 is 1.05 bits per heavy atom. The Morgan fingerprint density at radius 3 is 2.51 bits per heavy atom. The van der Waals surface area contributed by atoms with Gasteiger partial charge in [0.15, 0.2) is 0 Å². The summed E-state index contributed by atoms with van der Waals surface area (Å²) in [5, 5.41) is 10.9. The van der Waals surface area contributed by atoms with Gasteiger partial charge < -0.3 is 20.1 Å². The number of hydrogen-bond donors (Lipinski definition) is 1. The van der Waals surface area contributed by atoms with Crippen LogP contribution < -0.4 is 20.4 Å². The predicted octanol–water partition coefficient (Wildman–Crippen LogP) is 3.61. The zero-order chi connectivity index (χ0) is 25.6. The first-order chi connectivity index (χ1) is 18.1. The molecule has 3 heterocycles. The van der Waals surface area contributed by atoms with Crippen LogP contribution in [0.3, 0.4) is 0 Å². The summed E-state index contributed by atoms with van der Waals surface area (Å²) >= 11 is 1.46. The van der Waals surface area contributed by atoms with Crippen LogP contribution in [0.25, 0.3) is 22.4 Å². The van der Waals surface area contributed by atoms with Crippen molar-refractivity contribution < 1.29 is 14.5 Å². The molecule has 9 nitrogen and oxygen atoms in total. The van der Waals surface area contributed by atoms with Crippen molar-refractivity contribution in [2.24, 2.45) is 0 Å². The molecule has 0 unspecified atom stereocenters. The quantitative estimate of drug-likeness (QED) is 0.370. The van der Waals surface area contributed by atoms with Crippen LogP contribution in [-0.2, 0) is 10.5 Å². The van der Waals surface area contributed by atoms with Crippen molar-refractivity contribution in [3.8, 4) is 34.2 Å². The molecule has 0 aliphatic carbocycles. The van der Waals surface area contributed by atoms with E-state index in [-0.39, 0.29) is 5.95 Å². The number of ether oxygens (including phenoxy) is 2. The van der Waals surface area contributed by atoms with Crippen LogP contribution in [0.15, 0.2) is 65.7 Å². The minimum atomic E-state index is 0.175. The van der Waals surface area contributed by atoms with E-state index in [0.29, 0.717) is 49.4 Å². The Bertz CT molecular complexity index is 1420. The third-order valence-corrected chi connectivity index (χ3v) is 6.96. The molecule has 1 fully saturated rings. The van der Waals surface area contributed by atoms with E-state index < -0.39 is 0 Å². The first kappa shape index (κ1) is 24.5. The highest BCUT2D eigenvalue weighted by Crippen LogP contribution is 2.33. The Morgan fingerprint density at radius 2 is 1.81 bits per heavy atom. The number of hydrogen-bond acceptors (Lipinski definition) is 9. The minimum absolute atomic E-state index is 0.175. The summed E-state index contributed by atoms with van der Waals surface area (Å²) in [7, 11) is 1.63. The summed E-state index contributed by atoms with van der Waals surface area (Å²) in [6, 6.07) is 22.1. The number of nitrogens with zero attached hydrogens (tertiary/aromatic N) is 5. The molecule has 2 aromatic carbocycles. The smallest absolute Gasteiger partial charge is 0.257 e. The lowest BCUT2D eigenvalue weighted by molar-refractivity contribution is -0.414. The molecule has 4 aromatic rings. The van der Waals surface area contributed by atoms with Gasteiger partial charge in [0, 0.05) is 30.3 Å². The second-order valence-corrected chi connectivity index (χ2v) is 9.29. The second-order valence-electron chi connectivity index (χ2n) is 8.31. The van der Waals surface area contributed by atoms with Crippen molar-refractivity contribution in [3.63, 3.8) is 0 Å². The van der Waals surface area contributed by atoms with Gasteiger partial charge in [-0.25, -0.2) is 0 Å². The van der Waals surface area contributed by atoms with Crippen LogP contribution in [0.4, 0.5) is 11.9 Å². The summed E-state index contributed by atoms with van der Waals surface area (Å²) in [6.45, 7) is 2.65. The van der Waals surface area contributed by atoms with E-state index in [1.54, 1.807) is 7.11 Å². The molecule has 0 bridgehead atoms. The van der Waals surface area contributed by atoms with Gasteiger partial charge in [-0.15, -0.1) is 0 Å². The summed E-state index contributed by atoms with van der Waals surface area (Å²) in [4.78, 5) is 18.8.